The molecule has 2 saturated heterocycles. The van der Waals surface area contributed by atoms with E-state index in [-0.39, 0.29) is 12.0 Å². The number of rotatable bonds is 7. The van der Waals surface area contributed by atoms with Crippen LogP contribution >= 0.6 is 0 Å². The number of ether oxygens (including phenoxy) is 3. The Morgan fingerprint density at radius 2 is 1.91 bits per heavy atom. The summed E-state index contributed by atoms with van der Waals surface area (Å²) < 4.78 is 16.9. The van der Waals surface area contributed by atoms with E-state index in [4.69, 9.17) is 19.2 Å². The molecule has 2 aliphatic rings. The molecule has 1 atom stereocenters. The SMILES string of the molecule is COc1ccc2cc(CN(CC3CCCO3)C(=O)c3ccc(C)cc3)c(N3CCOCC3)nc2c1. The van der Waals surface area contributed by atoms with Crippen molar-refractivity contribution in [3.8, 4) is 5.75 Å². The number of nitrogens with zero attached hydrogens (tertiary/aromatic N) is 3. The highest BCUT2D eigenvalue weighted by molar-refractivity contribution is 5.94. The molecule has 3 aromatic rings. The maximum absolute atomic E-state index is 13.7. The van der Waals surface area contributed by atoms with E-state index in [2.05, 4.69) is 11.0 Å². The van der Waals surface area contributed by atoms with E-state index in [1.54, 1.807) is 7.11 Å². The van der Waals surface area contributed by atoms with Crippen LogP contribution in [0.1, 0.15) is 34.3 Å². The van der Waals surface area contributed by atoms with Crippen molar-refractivity contribution in [1.29, 1.82) is 0 Å². The van der Waals surface area contributed by atoms with E-state index in [1.807, 2.05) is 54.3 Å². The van der Waals surface area contributed by atoms with Gasteiger partial charge in [-0.1, -0.05) is 17.7 Å². The van der Waals surface area contributed by atoms with Crippen LogP contribution in [0.25, 0.3) is 10.9 Å². The molecule has 1 aromatic heterocycles. The Hall–Kier alpha value is -3.16. The Labute approximate surface area is 206 Å². The van der Waals surface area contributed by atoms with E-state index < -0.39 is 0 Å². The summed E-state index contributed by atoms with van der Waals surface area (Å²) in [7, 11) is 1.66. The molecule has 0 spiro atoms. The fourth-order valence-corrected chi connectivity index (χ4v) is 4.81. The summed E-state index contributed by atoms with van der Waals surface area (Å²) in [4.78, 5) is 22.9. The van der Waals surface area contributed by atoms with E-state index >= 15 is 0 Å². The van der Waals surface area contributed by atoms with Crippen LogP contribution in [0.2, 0.25) is 0 Å². The number of aromatic nitrogens is 1. The minimum absolute atomic E-state index is 0.0169. The third-order valence-electron chi connectivity index (χ3n) is 6.79. The van der Waals surface area contributed by atoms with Crippen molar-refractivity contribution < 1.29 is 19.0 Å². The first kappa shape index (κ1) is 23.6. The molecule has 1 unspecified atom stereocenters. The van der Waals surface area contributed by atoms with Crippen molar-refractivity contribution >= 4 is 22.6 Å². The third-order valence-corrected chi connectivity index (χ3v) is 6.79. The standard InChI is InChI=1S/C28H33N3O4/c1-20-5-7-21(8-6-20)28(32)31(19-25-4-3-13-35-25)18-23-16-22-9-10-24(33-2)17-26(22)29-27(23)30-11-14-34-15-12-30/h5-10,16-17,25H,3-4,11-15,18-19H2,1-2H3. The molecule has 184 valence electrons. The number of amides is 1. The van der Waals surface area contributed by atoms with Crippen molar-refractivity contribution in [3.05, 3.63) is 65.2 Å². The van der Waals surface area contributed by atoms with Gasteiger partial charge >= 0.3 is 0 Å². The molecule has 2 aliphatic heterocycles. The Kier molecular flexibility index (Phi) is 7.16. The zero-order valence-electron chi connectivity index (χ0n) is 20.5. The maximum Gasteiger partial charge on any atom is 0.254 e. The monoisotopic (exact) mass is 475 g/mol. The van der Waals surface area contributed by atoms with Crippen LogP contribution in [0.4, 0.5) is 5.82 Å². The first-order chi connectivity index (χ1) is 17.1. The van der Waals surface area contributed by atoms with Crippen LogP contribution in [0.5, 0.6) is 5.75 Å². The highest BCUT2D eigenvalue weighted by Crippen LogP contribution is 2.29. The number of aryl methyl sites for hydroxylation is 1. The summed E-state index contributed by atoms with van der Waals surface area (Å²) in [5.74, 6) is 1.70. The lowest BCUT2D eigenvalue weighted by Crippen LogP contribution is -2.40. The smallest absolute Gasteiger partial charge is 0.254 e. The van der Waals surface area contributed by atoms with Crippen molar-refractivity contribution in [2.24, 2.45) is 0 Å². The lowest BCUT2D eigenvalue weighted by Gasteiger charge is -2.32. The number of hydrogen-bond acceptors (Lipinski definition) is 6. The summed E-state index contributed by atoms with van der Waals surface area (Å²) in [5.41, 5.74) is 3.74. The van der Waals surface area contributed by atoms with Crippen molar-refractivity contribution in [2.75, 3.05) is 51.5 Å². The van der Waals surface area contributed by atoms with Crippen LogP contribution in [0, 0.1) is 6.92 Å². The Morgan fingerprint density at radius 1 is 1.11 bits per heavy atom. The van der Waals surface area contributed by atoms with Gasteiger partial charge in [0.05, 0.1) is 31.9 Å². The van der Waals surface area contributed by atoms with Gasteiger partial charge in [-0.3, -0.25) is 4.79 Å². The Morgan fingerprint density at radius 3 is 2.63 bits per heavy atom. The predicted octanol–water partition coefficient (Wildman–Crippen LogP) is 4.21. The summed E-state index contributed by atoms with van der Waals surface area (Å²) in [6.07, 6.45) is 2.08. The molecule has 0 radical (unpaired) electrons. The number of anilines is 1. The highest BCUT2D eigenvalue weighted by Gasteiger charge is 2.26. The molecule has 7 nitrogen and oxygen atoms in total. The van der Waals surface area contributed by atoms with E-state index in [0.29, 0.717) is 31.9 Å². The molecule has 2 fully saturated rings. The van der Waals surface area contributed by atoms with Crippen molar-refractivity contribution in [2.45, 2.75) is 32.4 Å². The lowest BCUT2D eigenvalue weighted by molar-refractivity contribution is 0.0507. The van der Waals surface area contributed by atoms with Gasteiger partial charge in [-0.05, 0) is 50.1 Å². The largest absolute Gasteiger partial charge is 0.497 e. The fraction of sp³-hybridized carbons (Fsp3) is 0.429. The topological polar surface area (TPSA) is 64.1 Å². The summed E-state index contributed by atoms with van der Waals surface area (Å²) in [6, 6.07) is 15.9. The van der Waals surface area contributed by atoms with E-state index in [9.17, 15) is 4.79 Å². The average molecular weight is 476 g/mol. The number of carbonyl (C=O) groups is 1. The van der Waals surface area contributed by atoms with Crippen molar-refractivity contribution in [3.63, 3.8) is 0 Å². The van der Waals surface area contributed by atoms with Crippen LogP contribution in [-0.2, 0) is 16.0 Å². The molecule has 0 bridgehead atoms. The fourth-order valence-electron chi connectivity index (χ4n) is 4.81. The lowest BCUT2D eigenvalue weighted by atomic mass is 10.1. The Balaban J connectivity index is 1.52. The molecule has 2 aromatic carbocycles. The summed E-state index contributed by atoms with van der Waals surface area (Å²) >= 11 is 0. The number of carbonyl (C=O) groups excluding carboxylic acids is 1. The maximum atomic E-state index is 13.7. The van der Waals surface area contributed by atoms with Crippen LogP contribution in [0.3, 0.4) is 0 Å². The molecule has 0 aliphatic carbocycles. The first-order valence-corrected chi connectivity index (χ1v) is 12.4. The second-order valence-electron chi connectivity index (χ2n) is 9.32. The molecule has 35 heavy (non-hydrogen) atoms. The highest BCUT2D eigenvalue weighted by atomic mass is 16.5. The summed E-state index contributed by atoms with van der Waals surface area (Å²) in [6.45, 7) is 6.70. The number of morpholine rings is 1. The van der Waals surface area contributed by atoms with Gasteiger partial charge in [0.1, 0.15) is 11.6 Å². The molecule has 0 saturated carbocycles. The number of hydrogen-bond donors (Lipinski definition) is 0. The molecular weight excluding hydrogens is 442 g/mol. The normalized spacial score (nSPS) is 18.1. The first-order valence-electron chi connectivity index (χ1n) is 12.4. The number of fused-ring (bicyclic) bond motifs is 1. The Bertz CT molecular complexity index is 1170. The molecule has 7 heteroatoms. The molecular formula is C28H33N3O4. The van der Waals surface area contributed by atoms with Gasteiger partial charge in [0.2, 0.25) is 0 Å². The van der Waals surface area contributed by atoms with E-state index in [0.717, 1.165) is 66.1 Å². The molecule has 5 rings (SSSR count). The van der Waals surface area contributed by atoms with Gasteiger partial charge in [0.25, 0.3) is 5.91 Å². The molecule has 1 amide bonds. The molecule has 3 heterocycles. The van der Waals surface area contributed by atoms with Gasteiger partial charge in [0, 0.05) is 55.4 Å². The second-order valence-corrected chi connectivity index (χ2v) is 9.32. The van der Waals surface area contributed by atoms with Gasteiger partial charge in [0.15, 0.2) is 0 Å². The molecule has 0 N–H and O–H groups in total. The number of benzene rings is 2. The second kappa shape index (κ2) is 10.6. The van der Waals surface area contributed by atoms with E-state index in [1.165, 1.54) is 0 Å². The predicted molar refractivity (Wildman–Crippen MR) is 136 cm³/mol. The minimum atomic E-state index is 0.0169. The van der Waals surface area contributed by atoms with Gasteiger partial charge in [-0.25, -0.2) is 4.98 Å². The number of pyridine rings is 1. The third kappa shape index (κ3) is 5.41. The zero-order chi connectivity index (χ0) is 24.2. The van der Waals surface area contributed by atoms with Gasteiger partial charge in [-0.2, -0.15) is 0 Å². The minimum Gasteiger partial charge on any atom is -0.497 e. The zero-order valence-corrected chi connectivity index (χ0v) is 20.5. The van der Waals surface area contributed by atoms with Gasteiger partial charge < -0.3 is 24.0 Å². The average Bonchev–Trinajstić information content (AvgIpc) is 3.41. The van der Waals surface area contributed by atoms with Crippen LogP contribution in [-0.4, -0.2) is 68.5 Å². The summed E-state index contributed by atoms with van der Waals surface area (Å²) in [5, 5.41) is 1.03. The van der Waals surface area contributed by atoms with Gasteiger partial charge in [-0.15, -0.1) is 0 Å². The van der Waals surface area contributed by atoms with Crippen LogP contribution < -0.4 is 9.64 Å². The quantitative estimate of drug-likeness (QED) is 0.510. The van der Waals surface area contributed by atoms with Crippen LogP contribution in [0.15, 0.2) is 48.5 Å². The van der Waals surface area contributed by atoms with Crippen molar-refractivity contribution in [1.82, 2.24) is 9.88 Å². The number of methoxy groups -OCH3 is 1.